The van der Waals surface area contributed by atoms with Crippen molar-refractivity contribution in [3.63, 3.8) is 0 Å². The lowest BCUT2D eigenvalue weighted by Crippen LogP contribution is -2.33. The van der Waals surface area contributed by atoms with E-state index in [1.807, 2.05) is 18.2 Å². The summed E-state index contributed by atoms with van der Waals surface area (Å²) in [6.07, 6.45) is 3.87. The second-order valence-electron chi connectivity index (χ2n) is 7.23. The van der Waals surface area contributed by atoms with Gasteiger partial charge in [-0.2, -0.15) is 0 Å². The van der Waals surface area contributed by atoms with Gasteiger partial charge in [0.1, 0.15) is 11.6 Å². The molecule has 1 heterocycles. The molecule has 0 radical (unpaired) electrons. The third-order valence-electron chi connectivity index (χ3n) is 4.99. The average Bonchev–Trinajstić information content (AvgIpc) is 3.04. The molecule has 1 aromatic heterocycles. The van der Waals surface area contributed by atoms with Crippen molar-refractivity contribution in [3.05, 3.63) is 64.7 Å². The van der Waals surface area contributed by atoms with Crippen LogP contribution in [0.3, 0.4) is 0 Å². The highest BCUT2D eigenvalue weighted by Gasteiger charge is 2.22. The molecule has 154 valence electrons. The second-order valence-corrected chi connectivity index (χ2v) is 7.66. The molecule has 0 unspecified atom stereocenters. The van der Waals surface area contributed by atoms with Gasteiger partial charge >= 0.3 is 0 Å². The van der Waals surface area contributed by atoms with E-state index < -0.39 is 5.82 Å². The van der Waals surface area contributed by atoms with Crippen LogP contribution in [-0.2, 0) is 13.1 Å². The summed E-state index contributed by atoms with van der Waals surface area (Å²) < 4.78 is 16.4. The normalized spacial score (nSPS) is 11.2. The van der Waals surface area contributed by atoms with Crippen molar-refractivity contribution in [1.82, 2.24) is 14.5 Å². The summed E-state index contributed by atoms with van der Waals surface area (Å²) in [5.74, 6) is 0.00415. The van der Waals surface area contributed by atoms with Crippen molar-refractivity contribution in [3.8, 4) is 0 Å². The van der Waals surface area contributed by atoms with Crippen LogP contribution in [0, 0.1) is 5.82 Å². The molecule has 4 nitrogen and oxygen atoms in total. The van der Waals surface area contributed by atoms with E-state index in [2.05, 4.69) is 18.4 Å². The van der Waals surface area contributed by atoms with Gasteiger partial charge in [-0.3, -0.25) is 4.79 Å². The van der Waals surface area contributed by atoms with Crippen LogP contribution >= 0.6 is 11.6 Å². The van der Waals surface area contributed by atoms with Gasteiger partial charge in [-0.1, -0.05) is 50.4 Å². The molecule has 0 fully saturated rings. The van der Waals surface area contributed by atoms with E-state index in [1.54, 1.807) is 23.1 Å². The average molecular weight is 416 g/mol. The van der Waals surface area contributed by atoms with Crippen LogP contribution in [-0.4, -0.2) is 26.9 Å². The number of carbonyl (C=O) groups excluding carboxylic acids is 1. The fourth-order valence-electron chi connectivity index (χ4n) is 3.52. The second kappa shape index (κ2) is 9.88. The number of amides is 1. The predicted molar refractivity (Wildman–Crippen MR) is 116 cm³/mol. The molecular formula is C23H27ClFN3O. The maximum atomic E-state index is 14.3. The minimum Gasteiger partial charge on any atom is -0.331 e. The van der Waals surface area contributed by atoms with Crippen molar-refractivity contribution < 1.29 is 9.18 Å². The zero-order chi connectivity index (χ0) is 20.8. The largest absolute Gasteiger partial charge is 0.331 e. The first-order chi connectivity index (χ1) is 14.0. The lowest BCUT2D eigenvalue weighted by atomic mass is 10.1. The first-order valence-electron chi connectivity index (χ1n) is 10.2. The summed E-state index contributed by atoms with van der Waals surface area (Å²) in [4.78, 5) is 19.6. The van der Waals surface area contributed by atoms with Crippen molar-refractivity contribution in [2.45, 2.75) is 52.6 Å². The molecule has 0 N–H and O–H groups in total. The number of nitrogens with zero attached hydrogens (tertiary/aromatic N) is 3. The Morgan fingerprint density at radius 1 is 1.14 bits per heavy atom. The van der Waals surface area contributed by atoms with Crippen LogP contribution in [0.15, 0.2) is 42.5 Å². The number of fused-ring (bicyclic) bond motifs is 1. The van der Waals surface area contributed by atoms with Gasteiger partial charge in [0.2, 0.25) is 0 Å². The number of hydrogen-bond donors (Lipinski definition) is 0. The standard InChI is InChI=1S/C23H27ClFN3O/c1-3-5-8-14-27(23(29)18-9-6-7-10-19(18)25)16-22-26-20-12-11-17(24)15-21(20)28(22)13-4-2/h6-7,9-12,15H,3-5,8,13-14,16H2,1-2H3. The third-order valence-corrected chi connectivity index (χ3v) is 5.23. The van der Waals surface area contributed by atoms with E-state index in [4.69, 9.17) is 16.6 Å². The first kappa shape index (κ1) is 21.3. The van der Waals surface area contributed by atoms with Crippen LogP contribution < -0.4 is 0 Å². The zero-order valence-electron chi connectivity index (χ0n) is 17.0. The number of aryl methyl sites for hydroxylation is 1. The van der Waals surface area contributed by atoms with Gasteiger partial charge in [0.15, 0.2) is 0 Å². The highest BCUT2D eigenvalue weighted by Crippen LogP contribution is 2.23. The topological polar surface area (TPSA) is 38.1 Å². The van der Waals surface area contributed by atoms with Gasteiger partial charge < -0.3 is 9.47 Å². The van der Waals surface area contributed by atoms with Gasteiger partial charge in [-0.25, -0.2) is 9.37 Å². The number of unbranched alkanes of at least 4 members (excludes halogenated alkanes) is 2. The van der Waals surface area contributed by atoms with E-state index in [1.165, 1.54) is 6.07 Å². The van der Waals surface area contributed by atoms with Crippen LogP contribution in [0.1, 0.15) is 55.7 Å². The Hall–Kier alpha value is -2.40. The molecule has 0 aliphatic carbocycles. The third kappa shape index (κ3) is 4.96. The van der Waals surface area contributed by atoms with E-state index >= 15 is 0 Å². The Balaban J connectivity index is 1.96. The van der Waals surface area contributed by atoms with Crippen molar-refractivity contribution in [1.29, 1.82) is 0 Å². The number of halogens is 2. The molecule has 0 spiro atoms. The lowest BCUT2D eigenvalue weighted by Gasteiger charge is -2.23. The van der Waals surface area contributed by atoms with Crippen LogP contribution in [0.2, 0.25) is 5.02 Å². The molecule has 1 amide bonds. The number of benzene rings is 2. The predicted octanol–water partition coefficient (Wildman–Crippen LogP) is 6.07. The van der Waals surface area contributed by atoms with Gasteiger partial charge in [-0.15, -0.1) is 0 Å². The molecule has 0 aliphatic rings. The van der Waals surface area contributed by atoms with E-state index in [-0.39, 0.29) is 11.5 Å². The summed E-state index contributed by atoms with van der Waals surface area (Å²) in [7, 11) is 0. The summed E-state index contributed by atoms with van der Waals surface area (Å²) in [6, 6.07) is 11.8. The zero-order valence-corrected chi connectivity index (χ0v) is 17.8. The number of imidazole rings is 1. The molecule has 6 heteroatoms. The van der Waals surface area contributed by atoms with Gasteiger partial charge in [0.25, 0.3) is 5.91 Å². The summed E-state index contributed by atoms with van der Waals surface area (Å²) in [5.41, 5.74) is 1.91. The Morgan fingerprint density at radius 2 is 1.93 bits per heavy atom. The Bertz CT molecular complexity index is 985. The minimum absolute atomic E-state index is 0.102. The molecule has 29 heavy (non-hydrogen) atoms. The highest BCUT2D eigenvalue weighted by atomic mass is 35.5. The lowest BCUT2D eigenvalue weighted by molar-refractivity contribution is 0.0729. The Kier molecular flexibility index (Phi) is 7.26. The summed E-state index contributed by atoms with van der Waals surface area (Å²) in [6.45, 7) is 5.90. The number of hydrogen-bond acceptors (Lipinski definition) is 2. The number of carbonyl (C=O) groups is 1. The van der Waals surface area contributed by atoms with E-state index in [0.29, 0.717) is 18.1 Å². The summed E-state index contributed by atoms with van der Waals surface area (Å²) >= 11 is 6.19. The monoisotopic (exact) mass is 415 g/mol. The molecule has 0 saturated carbocycles. The maximum Gasteiger partial charge on any atom is 0.257 e. The SMILES string of the molecule is CCCCCN(Cc1nc2ccc(Cl)cc2n1CCC)C(=O)c1ccccc1F. The molecule has 3 rings (SSSR count). The highest BCUT2D eigenvalue weighted by molar-refractivity contribution is 6.31. The van der Waals surface area contributed by atoms with E-state index in [9.17, 15) is 9.18 Å². The minimum atomic E-state index is -0.494. The van der Waals surface area contributed by atoms with Gasteiger partial charge in [0.05, 0.1) is 23.1 Å². The molecule has 0 aliphatic heterocycles. The van der Waals surface area contributed by atoms with Crippen LogP contribution in [0.4, 0.5) is 4.39 Å². The van der Waals surface area contributed by atoms with Gasteiger partial charge in [-0.05, 0) is 43.2 Å². The molecule has 2 aromatic carbocycles. The van der Waals surface area contributed by atoms with Crippen molar-refractivity contribution >= 4 is 28.5 Å². The fraction of sp³-hybridized carbons (Fsp3) is 0.391. The van der Waals surface area contributed by atoms with Crippen LogP contribution in [0.25, 0.3) is 11.0 Å². The van der Waals surface area contributed by atoms with E-state index in [0.717, 1.165) is 49.1 Å². The quantitative estimate of drug-likeness (QED) is 0.398. The molecule has 0 saturated heterocycles. The van der Waals surface area contributed by atoms with Crippen LogP contribution in [0.5, 0.6) is 0 Å². The Morgan fingerprint density at radius 3 is 2.66 bits per heavy atom. The fourth-order valence-corrected chi connectivity index (χ4v) is 3.69. The molecule has 3 aromatic rings. The number of aromatic nitrogens is 2. The Labute approximate surface area is 176 Å². The van der Waals surface area contributed by atoms with Crippen molar-refractivity contribution in [2.75, 3.05) is 6.54 Å². The first-order valence-corrected chi connectivity index (χ1v) is 10.6. The molecular weight excluding hydrogens is 389 g/mol. The smallest absolute Gasteiger partial charge is 0.257 e. The van der Waals surface area contributed by atoms with Crippen molar-refractivity contribution in [2.24, 2.45) is 0 Å². The molecule has 0 atom stereocenters. The summed E-state index contributed by atoms with van der Waals surface area (Å²) in [5, 5.41) is 0.656. The maximum absolute atomic E-state index is 14.3. The van der Waals surface area contributed by atoms with Gasteiger partial charge in [0, 0.05) is 18.1 Å². The molecule has 0 bridgehead atoms. The number of rotatable bonds is 9.